The number of amides is 1. The van der Waals surface area contributed by atoms with Crippen molar-refractivity contribution in [1.29, 1.82) is 0 Å². The highest BCUT2D eigenvalue weighted by atomic mass is 16.5. The molecule has 1 saturated heterocycles. The van der Waals surface area contributed by atoms with Gasteiger partial charge in [0.1, 0.15) is 0 Å². The van der Waals surface area contributed by atoms with Gasteiger partial charge in [-0.25, -0.2) is 0 Å². The number of hydrogen-bond donors (Lipinski definition) is 0. The molecule has 1 unspecified atom stereocenters. The summed E-state index contributed by atoms with van der Waals surface area (Å²) in [5.74, 6) is 2.50. The van der Waals surface area contributed by atoms with E-state index in [4.69, 9.17) is 14.0 Å². The predicted octanol–water partition coefficient (Wildman–Crippen LogP) is 4.76. The topological polar surface area (TPSA) is 80.9 Å². The lowest BCUT2D eigenvalue weighted by Gasteiger charge is -2.36. The summed E-state index contributed by atoms with van der Waals surface area (Å²) in [5.41, 5.74) is 3.00. The second kappa shape index (κ2) is 11.4. The van der Waals surface area contributed by atoms with E-state index in [1.54, 1.807) is 13.2 Å². The fourth-order valence-corrected chi connectivity index (χ4v) is 4.12. The van der Waals surface area contributed by atoms with E-state index >= 15 is 0 Å². The third kappa shape index (κ3) is 6.12. The van der Waals surface area contributed by atoms with Crippen molar-refractivity contribution < 1.29 is 18.8 Å². The molecule has 0 saturated carbocycles. The zero-order valence-corrected chi connectivity index (χ0v) is 21.6. The molecule has 1 amide bonds. The average molecular weight is 491 g/mol. The number of ether oxygens (including phenoxy) is 2. The van der Waals surface area contributed by atoms with Crippen LogP contribution in [-0.2, 0) is 4.79 Å². The van der Waals surface area contributed by atoms with Crippen molar-refractivity contribution in [2.75, 3.05) is 33.3 Å². The molecule has 0 spiro atoms. The third-order valence-electron chi connectivity index (χ3n) is 6.25. The molecule has 0 aliphatic carbocycles. The Morgan fingerprint density at radius 2 is 1.75 bits per heavy atom. The number of piperazine rings is 1. The molecule has 2 heterocycles. The van der Waals surface area contributed by atoms with E-state index in [9.17, 15) is 4.79 Å². The van der Waals surface area contributed by atoms with Crippen LogP contribution in [0.5, 0.6) is 11.5 Å². The minimum Gasteiger partial charge on any atom is -0.493 e. The van der Waals surface area contributed by atoms with E-state index in [2.05, 4.69) is 22.0 Å². The molecule has 8 heteroatoms. The molecule has 36 heavy (non-hydrogen) atoms. The Labute approximate surface area is 212 Å². The van der Waals surface area contributed by atoms with Crippen molar-refractivity contribution in [3.63, 3.8) is 0 Å². The van der Waals surface area contributed by atoms with Crippen LogP contribution in [-0.4, -0.2) is 65.2 Å². The number of aromatic nitrogens is 2. The van der Waals surface area contributed by atoms with Crippen LogP contribution in [0.25, 0.3) is 17.5 Å². The molecular weight excluding hydrogens is 456 g/mol. The van der Waals surface area contributed by atoms with Gasteiger partial charge in [0.25, 0.3) is 0 Å². The lowest BCUT2D eigenvalue weighted by molar-refractivity contribution is -0.128. The smallest absolute Gasteiger partial charge is 0.246 e. The highest BCUT2D eigenvalue weighted by Crippen LogP contribution is 2.29. The molecule has 0 N–H and O–H groups in total. The van der Waals surface area contributed by atoms with Gasteiger partial charge in [0.15, 0.2) is 11.5 Å². The summed E-state index contributed by atoms with van der Waals surface area (Å²) in [6.45, 7) is 10.8. The van der Waals surface area contributed by atoms with Crippen LogP contribution in [0.3, 0.4) is 0 Å². The Kier molecular flexibility index (Phi) is 8.05. The van der Waals surface area contributed by atoms with E-state index in [0.717, 1.165) is 24.2 Å². The largest absolute Gasteiger partial charge is 0.493 e. The van der Waals surface area contributed by atoms with Crippen molar-refractivity contribution in [1.82, 2.24) is 19.9 Å². The molecule has 1 fully saturated rings. The number of carbonyl (C=O) groups excluding carboxylic acids is 1. The van der Waals surface area contributed by atoms with Crippen LogP contribution in [0.1, 0.15) is 43.8 Å². The van der Waals surface area contributed by atoms with Crippen LogP contribution in [0, 0.1) is 6.92 Å². The summed E-state index contributed by atoms with van der Waals surface area (Å²) in [5, 5.41) is 4.16. The second-order valence-electron chi connectivity index (χ2n) is 9.27. The third-order valence-corrected chi connectivity index (χ3v) is 6.25. The number of benzene rings is 2. The minimum absolute atomic E-state index is 0.0109. The summed E-state index contributed by atoms with van der Waals surface area (Å²) >= 11 is 0. The summed E-state index contributed by atoms with van der Waals surface area (Å²) in [6, 6.07) is 13.7. The number of carbonyl (C=O) groups is 1. The van der Waals surface area contributed by atoms with E-state index in [1.165, 1.54) is 5.56 Å². The molecule has 3 aromatic rings. The van der Waals surface area contributed by atoms with Crippen molar-refractivity contribution in [2.45, 2.75) is 39.8 Å². The van der Waals surface area contributed by atoms with E-state index < -0.39 is 0 Å². The maximum Gasteiger partial charge on any atom is 0.246 e. The predicted molar refractivity (Wildman–Crippen MR) is 139 cm³/mol. The quantitative estimate of drug-likeness (QED) is 0.421. The molecule has 4 rings (SSSR count). The molecule has 1 atom stereocenters. The Morgan fingerprint density at radius 3 is 2.42 bits per heavy atom. The first-order valence-corrected chi connectivity index (χ1v) is 12.3. The fraction of sp³-hybridized carbons (Fsp3) is 0.393. The monoisotopic (exact) mass is 490 g/mol. The first kappa shape index (κ1) is 25.4. The number of hydrogen-bond acceptors (Lipinski definition) is 7. The average Bonchev–Trinajstić information content (AvgIpc) is 3.38. The van der Waals surface area contributed by atoms with Crippen LogP contribution >= 0.6 is 0 Å². The normalized spacial score (nSPS) is 15.4. The van der Waals surface area contributed by atoms with Crippen molar-refractivity contribution >= 4 is 12.0 Å². The molecule has 0 bridgehead atoms. The SMILES string of the molecule is COc1cc(/C=C/C(=O)N2CCN(C(C)c3nc(-c4ccc(C)cc4)no3)CC2)ccc1OC(C)C. The summed E-state index contributed by atoms with van der Waals surface area (Å²) < 4.78 is 16.8. The van der Waals surface area contributed by atoms with Crippen LogP contribution in [0.15, 0.2) is 53.1 Å². The molecular formula is C28H34N4O4. The molecule has 1 aromatic heterocycles. The number of methoxy groups -OCH3 is 1. The van der Waals surface area contributed by atoms with Gasteiger partial charge >= 0.3 is 0 Å². The molecule has 2 aromatic carbocycles. The Balaban J connectivity index is 1.32. The Hall–Kier alpha value is -3.65. The highest BCUT2D eigenvalue weighted by molar-refractivity contribution is 5.92. The maximum atomic E-state index is 12.8. The lowest BCUT2D eigenvalue weighted by atomic mass is 10.1. The second-order valence-corrected chi connectivity index (χ2v) is 9.27. The fourth-order valence-electron chi connectivity index (χ4n) is 4.12. The van der Waals surface area contributed by atoms with Gasteiger partial charge in [0.05, 0.1) is 19.3 Å². The van der Waals surface area contributed by atoms with Gasteiger partial charge < -0.3 is 18.9 Å². The van der Waals surface area contributed by atoms with Gasteiger partial charge in [-0.05, 0) is 51.5 Å². The Bertz CT molecular complexity index is 1190. The molecule has 190 valence electrons. The summed E-state index contributed by atoms with van der Waals surface area (Å²) in [7, 11) is 1.61. The van der Waals surface area contributed by atoms with Gasteiger partial charge in [0.2, 0.25) is 17.6 Å². The maximum absolute atomic E-state index is 12.8. The summed E-state index contributed by atoms with van der Waals surface area (Å²) in [6.07, 6.45) is 3.48. The Morgan fingerprint density at radius 1 is 1.03 bits per heavy atom. The standard InChI is InChI=1S/C28H34N4O4/c1-19(2)35-24-12-8-22(18-25(24)34-5)9-13-26(33)32-16-14-31(15-17-32)21(4)28-29-27(30-36-28)23-10-6-20(3)7-11-23/h6-13,18-19,21H,14-17H2,1-5H3/b13-9+. The van der Waals surface area contributed by atoms with Gasteiger partial charge in [-0.15, -0.1) is 0 Å². The lowest BCUT2D eigenvalue weighted by Crippen LogP contribution is -2.48. The zero-order valence-electron chi connectivity index (χ0n) is 21.6. The molecule has 8 nitrogen and oxygen atoms in total. The van der Waals surface area contributed by atoms with Crippen molar-refractivity contribution in [2.24, 2.45) is 0 Å². The van der Waals surface area contributed by atoms with Gasteiger partial charge in [-0.2, -0.15) is 4.98 Å². The van der Waals surface area contributed by atoms with E-state index in [1.807, 2.05) is 74.2 Å². The number of nitrogens with zero attached hydrogens (tertiary/aromatic N) is 4. The van der Waals surface area contributed by atoms with Crippen molar-refractivity contribution in [3.05, 3.63) is 65.6 Å². The molecule has 0 radical (unpaired) electrons. The van der Waals surface area contributed by atoms with Crippen LogP contribution < -0.4 is 9.47 Å². The molecule has 1 aliphatic heterocycles. The van der Waals surface area contributed by atoms with E-state index in [0.29, 0.717) is 36.3 Å². The van der Waals surface area contributed by atoms with E-state index in [-0.39, 0.29) is 18.1 Å². The van der Waals surface area contributed by atoms with Crippen molar-refractivity contribution in [3.8, 4) is 22.9 Å². The first-order valence-electron chi connectivity index (χ1n) is 12.3. The number of rotatable bonds is 8. The first-order chi connectivity index (χ1) is 17.3. The van der Waals surface area contributed by atoms with Gasteiger partial charge in [-0.1, -0.05) is 41.1 Å². The number of aryl methyl sites for hydroxylation is 1. The summed E-state index contributed by atoms with van der Waals surface area (Å²) in [4.78, 5) is 21.5. The van der Waals surface area contributed by atoms with Crippen LogP contribution in [0.4, 0.5) is 0 Å². The van der Waals surface area contributed by atoms with Crippen LogP contribution in [0.2, 0.25) is 0 Å². The highest BCUT2D eigenvalue weighted by Gasteiger charge is 2.27. The zero-order chi connectivity index (χ0) is 25.7. The van der Waals surface area contributed by atoms with Gasteiger partial charge in [-0.3, -0.25) is 9.69 Å². The minimum atomic E-state index is -0.0245. The molecule has 1 aliphatic rings. The van der Waals surface area contributed by atoms with Gasteiger partial charge in [0, 0.05) is 37.8 Å².